The van der Waals surface area contributed by atoms with E-state index in [1.807, 2.05) is 0 Å². The average Bonchev–Trinajstić information content (AvgIpc) is 3.21. The summed E-state index contributed by atoms with van der Waals surface area (Å²) in [6.45, 7) is 6.96. The number of anilines is 5. The molecule has 3 aliphatic rings. The molecular formula is C49H51N3. The van der Waals surface area contributed by atoms with E-state index in [2.05, 4.69) is 162 Å². The molecule has 2 unspecified atom stereocenters. The van der Waals surface area contributed by atoms with Gasteiger partial charge < -0.3 is 15.1 Å². The SMILES string of the molecule is CC1CCCCC1Nc1ccc(C(C)(c2ccc(N3CCCc4ccccc43)cc2)c2ccc(N3CCCc4ccccc43)cc2)c2ccccc12. The summed E-state index contributed by atoms with van der Waals surface area (Å²) in [4.78, 5) is 5.01. The Morgan fingerprint density at radius 3 is 1.63 bits per heavy atom. The zero-order valence-electron chi connectivity index (χ0n) is 30.8. The van der Waals surface area contributed by atoms with Crippen LogP contribution in [0.4, 0.5) is 28.4 Å². The van der Waals surface area contributed by atoms with Gasteiger partial charge in [-0.1, -0.05) is 111 Å². The second-order valence-corrected chi connectivity index (χ2v) is 15.7. The Morgan fingerprint density at radius 1 is 0.538 bits per heavy atom. The highest BCUT2D eigenvalue weighted by atomic mass is 15.1. The maximum Gasteiger partial charge on any atom is 0.0443 e. The van der Waals surface area contributed by atoms with Crippen LogP contribution in [0.15, 0.2) is 133 Å². The molecule has 1 N–H and O–H groups in total. The number of benzene rings is 6. The number of hydrogen-bond acceptors (Lipinski definition) is 3. The van der Waals surface area contributed by atoms with Gasteiger partial charge in [0.15, 0.2) is 0 Å². The molecule has 1 fully saturated rings. The predicted molar refractivity (Wildman–Crippen MR) is 221 cm³/mol. The molecule has 1 saturated carbocycles. The summed E-state index contributed by atoms with van der Waals surface area (Å²) >= 11 is 0. The van der Waals surface area contributed by atoms with Crippen LogP contribution in [0.1, 0.15) is 80.2 Å². The number of para-hydroxylation sites is 2. The lowest BCUT2D eigenvalue weighted by Gasteiger charge is -2.36. The number of hydrogen-bond donors (Lipinski definition) is 1. The molecule has 3 nitrogen and oxygen atoms in total. The Hall–Kier alpha value is -5.02. The number of fused-ring (bicyclic) bond motifs is 3. The second kappa shape index (κ2) is 13.8. The molecule has 2 aliphatic heterocycles. The van der Waals surface area contributed by atoms with Gasteiger partial charge in [0.1, 0.15) is 0 Å². The number of nitrogens with one attached hydrogen (secondary N) is 1. The molecule has 0 spiro atoms. The first-order valence-corrected chi connectivity index (χ1v) is 19.8. The van der Waals surface area contributed by atoms with Crippen LogP contribution in [0, 0.1) is 5.92 Å². The molecule has 6 aromatic carbocycles. The second-order valence-electron chi connectivity index (χ2n) is 15.7. The van der Waals surface area contributed by atoms with Gasteiger partial charge in [0, 0.05) is 58.4 Å². The van der Waals surface area contributed by atoms with Gasteiger partial charge >= 0.3 is 0 Å². The number of aryl methyl sites for hydroxylation is 2. The Bertz CT molecular complexity index is 2080. The molecule has 0 saturated heterocycles. The van der Waals surface area contributed by atoms with Gasteiger partial charge in [0.25, 0.3) is 0 Å². The normalized spacial score (nSPS) is 18.9. The summed E-state index contributed by atoms with van der Waals surface area (Å²) in [5.41, 5.74) is 13.0. The van der Waals surface area contributed by atoms with Crippen LogP contribution in [0.5, 0.6) is 0 Å². The molecule has 0 bridgehead atoms. The average molecular weight is 682 g/mol. The van der Waals surface area contributed by atoms with E-state index in [9.17, 15) is 0 Å². The summed E-state index contributed by atoms with van der Waals surface area (Å²) in [6.07, 6.45) is 9.88. The monoisotopic (exact) mass is 681 g/mol. The smallest absolute Gasteiger partial charge is 0.0443 e. The first-order chi connectivity index (χ1) is 25.6. The maximum absolute atomic E-state index is 4.02. The van der Waals surface area contributed by atoms with E-state index in [4.69, 9.17) is 0 Å². The van der Waals surface area contributed by atoms with Crippen LogP contribution in [-0.4, -0.2) is 19.1 Å². The fraction of sp³-hybridized carbons (Fsp3) is 0.306. The fourth-order valence-corrected chi connectivity index (χ4v) is 9.62. The van der Waals surface area contributed by atoms with Crippen molar-refractivity contribution in [2.75, 3.05) is 28.2 Å². The largest absolute Gasteiger partial charge is 0.382 e. The molecule has 3 heteroatoms. The van der Waals surface area contributed by atoms with Gasteiger partial charge in [-0.3, -0.25) is 0 Å². The van der Waals surface area contributed by atoms with E-state index in [0.717, 1.165) is 25.9 Å². The lowest BCUT2D eigenvalue weighted by atomic mass is 9.69. The molecule has 6 aromatic rings. The minimum Gasteiger partial charge on any atom is -0.382 e. The van der Waals surface area contributed by atoms with Crippen LogP contribution in [-0.2, 0) is 18.3 Å². The lowest BCUT2D eigenvalue weighted by molar-refractivity contribution is 0.350. The van der Waals surface area contributed by atoms with Gasteiger partial charge in [-0.2, -0.15) is 0 Å². The molecule has 9 rings (SSSR count). The number of nitrogens with zero attached hydrogens (tertiary/aromatic N) is 2. The van der Waals surface area contributed by atoms with E-state index >= 15 is 0 Å². The van der Waals surface area contributed by atoms with Gasteiger partial charge in [0.05, 0.1) is 0 Å². The van der Waals surface area contributed by atoms with Gasteiger partial charge in [-0.05, 0) is 127 Å². The highest BCUT2D eigenvalue weighted by molar-refractivity contribution is 5.97. The standard InChI is InChI=1S/C49H51N3/c1-35-13-3-8-20-45(35)50-46-32-31-44(42-18-6-7-19-43(42)46)49(2,38-23-27-40(28-24-38)51-33-11-16-36-14-4-9-21-47(36)51)39-25-29-41(30-26-39)52-34-12-17-37-15-5-10-22-48(37)52/h4-7,9-10,14-15,18-19,21-32,35,45,50H,3,8,11-13,16-17,20,33-34H2,1-2H3. The van der Waals surface area contributed by atoms with Crippen molar-refractivity contribution in [3.63, 3.8) is 0 Å². The van der Waals surface area contributed by atoms with Crippen molar-refractivity contribution in [3.05, 3.63) is 161 Å². The van der Waals surface area contributed by atoms with Crippen molar-refractivity contribution in [3.8, 4) is 0 Å². The minimum absolute atomic E-state index is 0.382. The van der Waals surface area contributed by atoms with Gasteiger partial charge in [-0.15, -0.1) is 0 Å². The molecule has 0 aromatic heterocycles. The Morgan fingerprint density at radius 2 is 1.06 bits per heavy atom. The van der Waals surface area contributed by atoms with Crippen LogP contribution < -0.4 is 15.1 Å². The van der Waals surface area contributed by atoms with Crippen molar-refractivity contribution < 1.29 is 0 Å². The molecule has 1 aliphatic carbocycles. The van der Waals surface area contributed by atoms with E-state index in [1.165, 1.54) is 106 Å². The van der Waals surface area contributed by atoms with Crippen molar-refractivity contribution in [1.29, 1.82) is 0 Å². The summed E-state index contributed by atoms with van der Waals surface area (Å²) in [5, 5.41) is 6.66. The predicted octanol–water partition coefficient (Wildman–Crippen LogP) is 12.4. The third-order valence-corrected chi connectivity index (χ3v) is 12.6. The highest BCUT2D eigenvalue weighted by Gasteiger charge is 2.34. The summed E-state index contributed by atoms with van der Waals surface area (Å²) < 4.78 is 0. The zero-order valence-corrected chi connectivity index (χ0v) is 30.8. The first kappa shape index (κ1) is 32.9. The quantitative estimate of drug-likeness (QED) is 0.169. The highest BCUT2D eigenvalue weighted by Crippen LogP contribution is 2.46. The van der Waals surface area contributed by atoms with Crippen LogP contribution in [0.25, 0.3) is 10.8 Å². The first-order valence-electron chi connectivity index (χ1n) is 19.8. The number of rotatable bonds is 7. The minimum atomic E-state index is -0.382. The molecule has 2 heterocycles. The van der Waals surface area contributed by atoms with Crippen LogP contribution in [0.2, 0.25) is 0 Å². The van der Waals surface area contributed by atoms with Gasteiger partial charge in [0.2, 0.25) is 0 Å². The van der Waals surface area contributed by atoms with Crippen LogP contribution >= 0.6 is 0 Å². The third-order valence-electron chi connectivity index (χ3n) is 12.6. The molecule has 2 atom stereocenters. The summed E-state index contributed by atoms with van der Waals surface area (Å²) in [6, 6.07) is 51.2. The Kier molecular flexibility index (Phi) is 8.75. The molecular weight excluding hydrogens is 631 g/mol. The topological polar surface area (TPSA) is 18.5 Å². The van der Waals surface area contributed by atoms with E-state index in [1.54, 1.807) is 0 Å². The maximum atomic E-state index is 4.02. The zero-order chi connectivity index (χ0) is 35.1. The van der Waals surface area contributed by atoms with Gasteiger partial charge in [-0.25, -0.2) is 0 Å². The van der Waals surface area contributed by atoms with E-state index in [-0.39, 0.29) is 5.41 Å². The van der Waals surface area contributed by atoms with Crippen molar-refractivity contribution in [2.24, 2.45) is 5.92 Å². The summed E-state index contributed by atoms with van der Waals surface area (Å²) in [7, 11) is 0. The Labute approximate surface area is 310 Å². The van der Waals surface area contributed by atoms with Crippen molar-refractivity contribution in [1.82, 2.24) is 0 Å². The van der Waals surface area contributed by atoms with Crippen molar-refractivity contribution in [2.45, 2.75) is 76.7 Å². The lowest BCUT2D eigenvalue weighted by Crippen LogP contribution is -2.30. The molecule has 0 radical (unpaired) electrons. The third kappa shape index (κ3) is 5.85. The van der Waals surface area contributed by atoms with E-state index < -0.39 is 0 Å². The fourth-order valence-electron chi connectivity index (χ4n) is 9.62. The molecule has 0 amide bonds. The van der Waals surface area contributed by atoms with Crippen molar-refractivity contribution >= 4 is 39.2 Å². The molecule has 52 heavy (non-hydrogen) atoms. The van der Waals surface area contributed by atoms with E-state index in [0.29, 0.717) is 12.0 Å². The summed E-state index contributed by atoms with van der Waals surface area (Å²) in [5.74, 6) is 0.688. The Balaban J connectivity index is 1.15. The molecule has 262 valence electrons. The van der Waals surface area contributed by atoms with Crippen LogP contribution in [0.3, 0.4) is 0 Å².